The highest BCUT2D eigenvalue weighted by Crippen LogP contribution is 2.27. The highest BCUT2D eigenvalue weighted by Gasteiger charge is 2.23. The van der Waals surface area contributed by atoms with Gasteiger partial charge in [-0.3, -0.25) is 0 Å². The van der Waals surface area contributed by atoms with Gasteiger partial charge in [-0.1, -0.05) is 0 Å². The van der Waals surface area contributed by atoms with Crippen LogP contribution < -0.4 is 9.80 Å². The van der Waals surface area contributed by atoms with Gasteiger partial charge in [0.05, 0.1) is 24.7 Å². The van der Waals surface area contributed by atoms with Crippen molar-refractivity contribution in [3.63, 3.8) is 0 Å². The fourth-order valence-corrected chi connectivity index (χ4v) is 3.16. The Bertz CT molecular complexity index is 681. The van der Waals surface area contributed by atoms with E-state index in [1.807, 2.05) is 12.1 Å². The summed E-state index contributed by atoms with van der Waals surface area (Å²) in [4.78, 5) is 18.3. The average molecular weight is 315 g/mol. The first-order valence-corrected chi connectivity index (χ1v) is 8.20. The zero-order chi connectivity index (χ0) is 15.6. The van der Waals surface area contributed by atoms with E-state index in [1.165, 1.54) is 0 Å². The molecule has 23 heavy (non-hydrogen) atoms. The lowest BCUT2D eigenvalue weighted by molar-refractivity contribution is 0.122. The Hall–Kier alpha value is -1.99. The summed E-state index contributed by atoms with van der Waals surface area (Å²) in [6, 6.07) is 3.95. The zero-order valence-corrected chi connectivity index (χ0v) is 13.1. The van der Waals surface area contributed by atoms with E-state index < -0.39 is 0 Å². The normalized spacial score (nSPS) is 20.2. The lowest BCUT2D eigenvalue weighted by atomic mass is 10.1. The van der Waals surface area contributed by atoms with Crippen molar-refractivity contribution in [1.29, 1.82) is 0 Å². The van der Waals surface area contributed by atoms with Crippen LogP contribution in [0.25, 0.3) is 11.0 Å². The molecule has 7 heteroatoms. The van der Waals surface area contributed by atoms with E-state index >= 15 is 0 Å². The van der Waals surface area contributed by atoms with Gasteiger partial charge in [0.1, 0.15) is 5.82 Å². The van der Waals surface area contributed by atoms with Crippen molar-refractivity contribution in [2.24, 2.45) is 0 Å². The molecular formula is C16H21N5O2. The molecule has 0 radical (unpaired) electrons. The van der Waals surface area contributed by atoms with Crippen molar-refractivity contribution in [2.45, 2.75) is 18.9 Å². The van der Waals surface area contributed by atoms with Gasteiger partial charge in [0.15, 0.2) is 5.65 Å². The van der Waals surface area contributed by atoms with Crippen molar-refractivity contribution in [1.82, 2.24) is 15.0 Å². The SMILES string of the molecule is OC1CCN(c2nc(N3CCOCC3)c3cccnc3n2)CC1. The smallest absolute Gasteiger partial charge is 0.229 e. The molecule has 0 bridgehead atoms. The maximum absolute atomic E-state index is 9.70. The summed E-state index contributed by atoms with van der Waals surface area (Å²) in [7, 11) is 0. The molecule has 4 heterocycles. The summed E-state index contributed by atoms with van der Waals surface area (Å²) in [6.45, 7) is 4.66. The van der Waals surface area contributed by atoms with Crippen LogP contribution >= 0.6 is 0 Å². The summed E-state index contributed by atoms with van der Waals surface area (Å²) < 4.78 is 5.45. The Balaban J connectivity index is 1.74. The van der Waals surface area contributed by atoms with Gasteiger partial charge in [0, 0.05) is 32.4 Å². The van der Waals surface area contributed by atoms with Gasteiger partial charge >= 0.3 is 0 Å². The number of hydrogen-bond acceptors (Lipinski definition) is 7. The Morgan fingerprint density at radius 3 is 2.61 bits per heavy atom. The van der Waals surface area contributed by atoms with Gasteiger partial charge in [0.25, 0.3) is 0 Å². The van der Waals surface area contributed by atoms with Crippen LogP contribution in [0.2, 0.25) is 0 Å². The fraction of sp³-hybridized carbons (Fsp3) is 0.562. The molecule has 122 valence electrons. The summed E-state index contributed by atoms with van der Waals surface area (Å²) in [5.74, 6) is 1.65. The van der Waals surface area contributed by atoms with E-state index in [9.17, 15) is 5.11 Å². The Morgan fingerprint density at radius 2 is 1.83 bits per heavy atom. The molecule has 0 amide bonds. The lowest BCUT2D eigenvalue weighted by Crippen LogP contribution is -2.39. The zero-order valence-electron chi connectivity index (χ0n) is 13.1. The standard InChI is InChI=1S/C16H21N5O2/c22-12-3-6-21(7-4-12)16-18-14-13(2-1-5-17-14)15(19-16)20-8-10-23-11-9-20/h1-2,5,12,22H,3-4,6-11H2. The summed E-state index contributed by atoms with van der Waals surface area (Å²) in [6.07, 6.45) is 3.08. The number of nitrogens with zero attached hydrogens (tertiary/aromatic N) is 5. The first-order valence-electron chi connectivity index (χ1n) is 8.20. The highest BCUT2D eigenvalue weighted by atomic mass is 16.5. The maximum atomic E-state index is 9.70. The van der Waals surface area contributed by atoms with Crippen LogP contribution in [-0.4, -0.2) is 65.6 Å². The number of morpholine rings is 1. The number of rotatable bonds is 2. The second-order valence-corrected chi connectivity index (χ2v) is 6.04. The van der Waals surface area contributed by atoms with E-state index in [4.69, 9.17) is 9.72 Å². The van der Waals surface area contributed by atoms with E-state index in [0.717, 1.165) is 69.1 Å². The molecule has 2 aromatic heterocycles. The van der Waals surface area contributed by atoms with Crippen molar-refractivity contribution in [3.05, 3.63) is 18.3 Å². The Morgan fingerprint density at radius 1 is 1.04 bits per heavy atom. The molecule has 0 aromatic carbocycles. The van der Waals surface area contributed by atoms with Crippen molar-refractivity contribution < 1.29 is 9.84 Å². The van der Waals surface area contributed by atoms with Gasteiger partial charge < -0.3 is 19.6 Å². The van der Waals surface area contributed by atoms with Gasteiger partial charge in [0.2, 0.25) is 5.95 Å². The number of ether oxygens (including phenoxy) is 1. The minimum atomic E-state index is -0.205. The molecule has 0 aliphatic carbocycles. The molecule has 2 aliphatic rings. The number of aromatic nitrogens is 3. The van der Waals surface area contributed by atoms with Crippen molar-refractivity contribution >= 4 is 22.8 Å². The minimum absolute atomic E-state index is 0.205. The van der Waals surface area contributed by atoms with Crippen LogP contribution in [0.15, 0.2) is 18.3 Å². The molecule has 0 saturated carbocycles. The Kier molecular flexibility index (Phi) is 3.97. The second-order valence-electron chi connectivity index (χ2n) is 6.04. The van der Waals surface area contributed by atoms with Crippen LogP contribution in [0.4, 0.5) is 11.8 Å². The number of piperidine rings is 1. The van der Waals surface area contributed by atoms with Gasteiger partial charge in [-0.2, -0.15) is 9.97 Å². The van der Waals surface area contributed by atoms with E-state index in [-0.39, 0.29) is 6.10 Å². The lowest BCUT2D eigenvalue weighted by Gasteiger charge is -2.32. The molecule has 2 fully saturated rings. The van der Waals surface area contributed by atoms with Gasteiger partial charge in [-0.25, -0.2) is 4.98 Å². The largest absolute Gasteiger partial charge is 0.393 e. The first-order chi connectivity index (χ1) is 11.3. The molecule has 2 aliphatic heterocycles. The summed E-state index contributed by atoms with van der Waals surface area (Å²) >= 11 is 0. The third-order valence-corrected chi connectivity index (χ3v) is 4.50. The van der Waals surface area contributed by atoms with E-state index in [1.54, 1.807) is 6.20 Å². The number of hydrogen-bond donors (Lipinski definition) is 1. The predicted octanol–water partition coefficient (Wildman–Crippen LogP) is 0.822. The van der Waals surface area contributed by atoms with Crippen LogP contribution in [0.3, 0.4) is 0 Å². The van der Waals surface area contributed by atoms with E-state index in [0.29, 0.717) is 5.95 Å². The monoisotopic (exact) mass is 315 g/mol. The predicted molar refractivity (Wildman–Crippen MR) is 87.8 cm³/mol. The van der Waals surface area contributed by atoms with Crippen LogP contribution in [0, 0.1) is 0 Å². The number of aliphatic hydroxyl groups is 1. The van der Waals surface area contributed by atoms with Gasteiger partial charge in [-0.05, 0) is 25.0 Å². The maximum Gasteiger partial charge on any atom is 0.229 e. The fourth-order valence-electron chi connectivity index (χ4n) is 3.16. The van der Waals surface area contributed by atoms with Crippen molar-refractivity contribution in [3.8, 4) is 0 Å². The van der Waals surface area contributed by atoms with Gasteiger partial charge in [-0.15, -0.1) is 0 Å². The van der Waals surface area contributed by atoms with Crippen LogP contribution in [0.5, 0.6) is 0 Å². The first kappa shape index (κ1) is 14.6. The molecule has 2 saturated heterocycles. The molecule has 7 nitrogen and oxygen atoms in total. The summed E-state index contributed by atoms with van der Waals surface area (Å²) in [5.41, 5.74) is 0.727. The topological polar surface area (TPSA) is 74.6 Å². The molecule has 0 unspecified atom stereocenters. The third kappa shape index (κ3) is 2.94. The minimum Gasteiger partial charge on any atom is -0.393 e. The van der Waals surface area contributed by atoms with Crippen LogP contribution in [-0.2, 0) is 4.74 Å². The van der Waals surface area contributed by atoms with Crippen molar-refractivity contribution in [2.75, 3.05) is 49.2 Å². The molecule has 4 rings (SSSR count). The number of anilines is 2. The number of aliphatic hydroxyl groups excluding tert-OH is 1. The quantitative estimate of drug-likeness (QED) is 0.879. The molecule has 0 atom stereocenters. The average Bonchev–Trinajstić information content (AvgIpc) is 2.62. The number of fused-ring (bicyclic) bond motifs is 1. The molecule has 1 N–H and O–H groups in total. The second kappa shape index (κ2) is 6.25. The van der Waals surface area contributed by atoms with E-state index in [2.05, 4.69) is 19.8 Å². The summed E-state index contributed by atoms with van der Waals surface area (Å²) in [5, 5.41) is 10.7. The number of pyridine rings is 1. The third-order valence-electron chi connectivity index (χ3n) is 4.50. The Labute approximate surface area is 134 Å². The molecular weight excluding hydrogens is 294 g/mol. The molecule has 0 spiro atoms. The molecule has 2 aromatic rings. The van der Waals surface area contributed by atoms with Crippen LogP contribution in [0.1, 0.15) is 12.8 Å². The highest BCUT2D eigenvalue weighted by molar-refractivity contribution is 5.88.